The Kier molecular flexibility index (Phi) is 3.36. The van der Waals surface area contributed by atoms with Gasteiger partial charge in [0.25, 0.3) is 0 Å². The lowest BCUT2D eigenvalue weighted by Crippen LogP contribution is -1.96. The third-order valence-electron chi connectivity index (χ3n) is 3.23. The van der Waals surface area contributed by atoms with Crippen LogP contribution in [0.4, 0.5) is 10.1 Å². The van der Waals surface area contributed by atoms with Crippen LogP contribution in [0.15, 0.2) is 54.6 Å². The Labute approximate surface area is 121 Å². The van der Waals surface area contributed by atoms with Gasteiger partial charge in [0, 0.05) is 12.1 Å². The molecule has 21 heavy (non-hydrogen) atoms. The Morgan fingerprint density at radius 1 is 0.905 bits per heavy atom. The molecule has 0 saturated heterocycles. The molecular formula is C17H14FNO2. The number of fused-ring (bicyclic) bond motifs is 1. The zero-order valence-electron chi connectivity index (χ0n) is 11.5. The van der Waals surface area contributed by atoms with E-state index in [0.29, 0.717) is 11.5 Å². The lowest BCUT2D eigenvalue weighted by molar-refractivity contribution is 0.382. The molecule has 106 valence electrons. The van der Waals surface area contributed by atoms with Crippen molar-refractivity contribution in [2.75, 3.05) is 12.8 Å². The van der Waals surface area contributed by atoms with Crippen LogP contribution in [0.3, 0.4) is 0 Å². The normalized spacial score (nSPS) is 10.6. The van der Waals surface area contributed by atoms with Crippen molar-refractivity contribution in [2.45, 2.75) is 0 Å². The highest BCUT2D eigenvalue weighted by atomic mass is 19.1. The molecule has 0 aliphatic rings. The smallest absolute Gasteiger partial charge is 0.167 e. The second kappa shape index (κ2) is 5.32. The van der Waals surface area contributed by atoms with E-state index in [0.717, 1.165) is 10.8 Å². The first kappa shape index (κ1) is 13.2. The molecule has 0 saturated carbocycles. The van der Waals surface area contributed by atoms with E-state index in [1.807, 2.05) is 42.5 Å². The van der Waals surface area contributed by atoms with E-state index >= 15 is 0 Å². The zero-order valence-corrected chi connectivity index (χ0v) is 11.5. The number of ether oxygens (including phenoxy) is 2. The molecule has 0 aliphatic heterocycles. The number of rotatable bonds is 3. The standard InChI is InChI=1S/C17H14FNO2/c1-20-16-10-17(15(19)9-14(16)18)21-13-7-6-11-4-2-3-5-12(11)8-13/h2-10H,19H2,1H3. The van der Waals surface area contributed by atoms with Crippen LogP contribution in [0, 0.1) is 5.82 Å². The summed E-state index contributed by atoms with van der Waals surface area (Å²) in [6, 6.07) is 16.3. The van der Waals surface area contributed by atoms with E-state index in [1.54, 1.807) is 0 Å². The van der Waals surface area contributed by atoms with Gasteiger partial charge in [-0.1, -0.05) is 30.3 Å². The largest absolute Gasteiger partial charge is 0.494 e. The lowest BCUT2D eigenvalue weighted by Gasteiger charge is -2.11. The van der Waals surface area contributed by atoms with Crippen molar-refractivity contribution in [2.24, 2.45) is 0 Å². The number of hydrogen-bond donors (Lipinski definition) is 1. The van der Waals surface area contributed by atoms with Gasteiger partial charge in [0.2, 0.25) is 0 Å². The molecule has 0 heterocycles. The molecule has 0 fully saturated rings. The predicted octanol–water partition coefficient (Wildman–Crippen LogP) is 4.36. The van der Waals surface area contributed by atoms with Gasteiger partial charge in [0.05, 0.1) is 12.8 Å². The fraction of sp³-hybridized carbons (Fsp3) is 0.0588. The van der Waals surface area contributed by atoms with E-state index in [1.165, 1.54) is 19.2 Å². The molecular weight excluding hydrogens is 269 g/mol. The molecule has 0 aromatic heterocycles. The first-order chi connectivity index (χ1) is 10.2. The number of halogens is 1. The number of methoxy groups -OCH3 is 1. The van der Waals surface area contributed by atoms with Crippen LogP contribution in [0.5, 0.6) is 17.2 Å². The highest BCUT2D eigenvalue weighted by Crippen LogP contribution is 2.34. The fourth-order valence-electron chi connectivity index (χ4n) is 2.15. The second-order valence-electron chi connectivity index (χ2n) is 4.64. The number of nitrogens with two attached hydrogens (primary N) is 1. The summed E-state index contributed by atoms with van der Waals surface area (Å²) in [6.45, 7) is 0. The Bertz CT molecular complexity index is 802. The minimum Gasteiger partial charge on any atom is -0.494 e. The maximum absolute atomic E-state index is 13.5. The van der Waals surface area contributed by atoms with E-state index in [2.05, 4.69) is 0 Å². The molecule has 4 heteroatoms. The summed E-state index contributed by atoms with van der Waals surface area (Å²) in [5.74, 6) is 0.582. The third kappa shape index (κ3) is 2.60. The van der Waals surface area contributed by atoms with Crippen molar-refractivity contribution in [3.63, 3.8) is 0 Å². The molecule has 0 amide bonds. The average Bonchev–Trinajstić information content (AvgIpc) is 2.50. The first-order valence-corrected chi connectivity index (χ1v) is 6.47. The van der Waals surface area contributed by atoms with Crippen molar-refractivity contribution in [1.82, 2.24) is 0 Å². The van der Waals surface area contributed by atoms with Gasteiger partial charge in [0.15, 0.2) is 17.3 Å². The monoisotopic (exact) mass is 283 g/mol. The van der Waals surface area contributed by atoms with Gasteiger partial charge in [-0.25, -0.2) is 4.39 Å². The quantitative estimate of drug-likeness (QED) is 0.726. The maximum atomic E-state index is 13.5. The molecule has 0 unspecified atom stereocenters. The third-order valence-corrected chi connectivity index (χ3v) is 3.23. The summed E-state index contributed by atoms with van der Waals surface area (Å²) >= 11 is 0. The van der Waals surface area contributed by atoms with E-state index in [4.69, 9.17) is 15.2 Å². The van der Waals surface area contributed by atoms with Crippen molar-refractivity contribution >= 4 is 16.5 Å². The van der Waals surface area contributed by atoms with Crippen molar-refractivity contribution in [3.05, 3.63) is 60.4 Å². The van der Waals surface area contributed by atoms with Gasteiger partial charge in [-0.2, -0.15) is 0 Å². The summed E-state index contributed by atoms with van der Waals surface area (Å²) in [7, 11) is 1.40. The van der Waals surface area contributed by atoms with Gasteiger partial charge in [-0.05, 0) is 22.9 Å². The van der Waals surface area contributed by atoms with Gasteiger partial charge < -0.3 is 15.2 Å². The van der Waals surface area contributed by atoms with Crippen LogP contribution in [0.2, 0.25) is 0 Å². The summed E-state index contributed by atoms with van der Waals surface area (Å²) in [4.78, 5) is 0. The lowest BCUT2D eigenvalue weighted by atomic mass is 10.1. The molecule has 0 bridgehead atoms. The highest BCUT2D eigenvalue weighted by Gasteiger charge is 2.10. The Morgan fingerprint density at radius 2 is 1.67 bits per heavy atom. The molecule has 0 spiro atoms. The van der Waals surface area contributed by atoms with Crippen molar-refractivity contribution in [3.8, 4) is 17.2 Å². The Hall–Kier alpha value is -2.75. The molecule has 3 nitrogen and oxygen atoms in total. The van der Waals surface area contributed by atoms with Crippen LogP contribution in [-0.2, 0) is 0 Å². The van der Waals surface area contributed by atoms with Gasteiger partial charge in [-0.3, -0.25) is 0 Å². The molecule has 0 atom stereocenters. The topological polar surface area (TPSA) is 44.5 Å². The van der Waals surface area contributed by atoms with Crippen LogP contribution < -0.4 is 15.2 Å². The number of nitrogen functional groups attached to an aromatic ring is 1. The zero-order chi connectivity index (χ0) is 14.8. The number of hydrogen-bond acceptors (Lipinski definition) is 3. The van der Waals surface area contributed by atoms with Crippen LogP contribution in [0.25, 0.3) is 10.8 Å². The Balaban J connectivity index is 1.98. The molecule has 0 radical (unpaired) electrons. The van der Waals surface area contributed by atoms with Gasteiger partial charge in [0.1, 0.15) is 5.75 Å². The average molecular weight is 283 g/mol. The second-order valence-corrected chi connectivity index (χ2v) is 4.64. The van der Waals surface area contributed by atoms with Crippen molar-refractivity contribution in [1.29, 1.82) is 0 Å². The first-order valence-electron chi connectivity index (χ1n) is 6.47. The van der Waals surface area contributed by atoms with Crippen LogP contribution >= 0.6 is 0 Å². The molecule has 0 aliphatic carbocycles. The minimum atomic E-state index is -0.513. The molecule has 3 aromatic rings. The fourth-order valence-corrected chi connectivity index (χ4v) is 2.15. The van der Waals surface area contributed by atoms with Crippen LogP contribution in [-0.4, -0.2) is 7.11 Å². The molecule has 2 N–H and O–H groups in total. The van der Waals surface area contributed by atoms with Gasteiger partial charge in [-0.15, -0.1) is 0 Å². The van der Waals surface area contributed by atoms with Crippen molar-refractivity contribution < 1.29 is 13.9 Å². The van der Waals surface area contributed by atoms with Gasteiger partial charge >= 0.3 is 0 Å². The number of anilines is 1. The summed E-state index contributed by atoms with van der Waals surface area (Å²) in [5.41, 5.74) is 6.01. The summed E-state index contributed by atoms with van der Waals surface area (Å²) in [6.07, 6.45) is 0. The Morgan fingerprint density at radius 3 is 2.43 bits per heavy atom. The SMILES string of the molecule is COc1cc(Oc2ccc3ccccc3c2)c(N)cc1F. The predicted molar refractivity (Wildman–Crippen MR) is 81.4 cm³/mol. The number of benzene rings is 3. The summed E-state index contributed by atoms with van der Waals surface area (Å²) < 4.78 is 24.2. The van der Waals surface area contributed by atoms with E-state index in [-0.39, 0.29) is 11.4 Å². The maximum Gasteiger partial charge on any atom is 0.167 e. The highest BCUT2D eigenvalue weighted by molar-refractivity contribution is 5.83. The van der Waals surface area contributed by atoms with E-state index in [9.17, 15) is 4.39 Å². The summed E-state index contributed by atoms with van der Waals surface area (Å²) in [5, 5.41) is 2.18. The van der Waals surface area contributed by atoms with E-state index < -0.39 is 5.82 Å². The minimum absolute atomic E-state index is 0.0972. The van der Waals surface area contributed by atoms with Crippen LogP contribution in [0.1, 0.15) is 0 Å². The molecule has 3 rings (SSSR count). The molecule has 3 aromatic carbocycles.